The molecule has 1 amide bonds. The molecular formula is C25H31N5O4S. The van der Waals surface area contributed by atoms with Gasteiger partial charge in [-0.25, -0.2) is 4.68 Å². The topological polar surface area (TPSA) is 88.0 Å². The van der Waals surface area contributed by atoms with Gasteiger partial charge < -0.3 is 9.64 Å². The van der Waals surface area contributed by atoms with Gasteiger partial charge in [0.1, 0.15) is 11.4 Å². The molecule has 3 aromatic rings. The Balaban J connectivity index is 1.63. The van der Waals surface area contributed by atoms with Crippen LogP contribution in [0.5, 0.6) is 5.75 Å². The zero-order chi connectivity index (χ0) is 25.0. The third kappa shape index (κ3) is 5.09. The highest BCUT2D eigenvalue weighted by atomic mass is 32.2. The molecular weight excluding hydrogens is 466 g/mol. The molecule has 186 valence electrons. The summed E-state index contributed by atoms with van der Waals surface area (Å²) >= 11 is 0. The van der Waals surface area contributed by atoms with E-state index in [9.17, 15) is 13.2 Å². The standard InChI is InChI=1S/C25H31N5O4S/c1-4-28(5-2)35(32,33)29-16-14-27(15-17-29)25(31)23-19-30(21-11-7-6-8-12-21)26-24(23)20-10-9-13-22(18-20)34-3/h6-13,18-19H,4-5,14-17H2,1-3H3. The number of amides is 1. The SMILES string of the molecule is CCN(CC)S(=O)(=O)N1CCN(C(=O)c2cn(-c3ccccc3)nc2-c2cccc(OC)c2)CC1. The van der Waals surface area contributed by atoms with E-state index in [-0.39, 0.29) is 19.0 Å². The van der Waals surface area contributed by atoms with Crippen molar-refractivity contribution in [1.29, 1.82) is 0 Å². The maximum Gasteiger partial charge on any atom is 0.282 e. The van der Waals surface area contributed by atoms with Gasteiger partial charge in [-0.2, -0.15) is 22.1 Å². The quantitative estimate of drug-likeness (QED) is 0.478. The first-order chi connectivity index (χ1) is 16.9. The van der Waals surface area contributed by atoms with E-state index in [2.05, 4.69) is 0 Å². The highest BCUT2D eigenvalue weighted by Crippen LogP contribution is 2.28. The molecule has 35 heavy (non-hydrogen) atoms. The third-order valence-corrected chi connectivity index (χ3v) is 8.38. The Hall–Kier alpha value is -3.21. The Kier molecular flexibility index (Phi) is 7.54. The van der Waals surface area contributed by atoms with E-state index in [0.717, 1.165) is 11.3 Å². The second-order valence-corrected chi connectivity index (χ2v) is 10.1. The largest absolute Gasteiger partial charge is 0.497 e. The molecule has 0 saturated carbocycles. The molecule has 9 nitrogen and oxygen atoms in total. The molecule has 1 aliphatic heterocycles. The van der Waals surface area contributed by atoms with Crippen molar-refractivity contribution in [1.82, 2.24) is 23.3 Å². The summed E-state index contributed by atoms with van der Waals surface area (Å²) in [5, 5.41) is 4.74. The van der Waals surface area contributed by atoms with Gasteiger partial charge in [-0.3, -0.25) is 4.79 Å². The van der Waals surface area contributed by atoms with Gasteiger partial charge in [0.25, 0.3) is 16.1 Å². The predicted octanol–water partition coefficient (Wildman–Crippen LogP) is 2.89. The number of rotatable bonds is 8. The lowest BCUT2D eigenvalue weighted by Gasteiger charge is -2.36. The fraction of sp³-hybridized carbons (Fsp3) is 0.360. The molecule has 1 fully saturated rings. The average molecular weight is 498 g/mol. The Morgan fingerprint density at radius 1 is 1.00 bits per heavy atom. The first-order valence-corrected chi connectivity index (χ1v) is 13.1. The Labute approximate surface area is 206 Å². The minimum Gasteiger partial charge on any atom is -0.497 e. The molecule has 10 heteroatoms. The number of hydrogen-bond acceptors (Lipinski definition) is 5. The van der Waals surface area contributed by atoms with E-state index in [0.29, 0.717) is 43.2 Å². The summed E-state index contributed by atoms with van der Waals surface area (Å²) in [6.45, 7) is 5.62. The number of nitrogens with zero attached hydrogens (tertiary/aromatic N) is 5. The molecule has 1 aromatic heterocycles. The number of carbonyl (C=O) groups excluding carboxylic acids is 1. The Morgan fingerprint density at radius 3 is 2.31 bits per heavy atom. The number of piperazine rings is 1. The van der Waals surface area contributed by atoms with Crippen LogP contribution in [0.4, 0.5) is 0 Å². The van der Waals surface area contributed by atoms with E-state index >= 15 is 0 Å². The molecule has 2 heterocycles. The van der Waals surface area contributed by atoms with Gasteiger partial charge in [0.2, 0.25) is 0 Å². The summed E-state index contributed by atoms with van der Waals surface area (Å²) in [5.41, 5.74) is 2.62. The van der Waals surface area contributed by atoms with Crippen molar-refractivity contribution in [3.05, 3.63) is 66.4 Å². The minimum atomic E-state index is -3.53. The van der Waals surface area contributed by atoms with Gasteiger partial charge in [0.15, 0.2) is 0 Å². The molecule has 4 rings (SSSR count). The van der Waals surface area contributed by atoms with Gasteiger partial charge in [-0.1, -0.05) is 44.2 Å². The summed E-state index contributed by atoms with van der Waals surface area (Å²) in [4.78, 5) is 15.4. The van der Waals surface area contributed by atoms with Gasteiger partial charge in [0, 0.05) is 51.0 Å². The van der Waals surface area contributed by atoms with Crippen LogP contribution in [0.2, 0.25) is 0 Å². The van der Waals surface area contributed by atoms with Crippen LogP contribution in [0.1, 0.15) is 24.2 Å². The van der Waals surface area contributed by atoms with Crippen LogP contribution in [-0.2, 0) is 10.2 Å². The van der Waals surface area contributed by atoms with Crippen LogP contribution in [0.3, 0.4) is 0 Å². The fourth-order valence-electron chi connectivity index (χ4n) is 4.23. The normalized spacial score (nSPS) is 14.9. The first kappa shape index (κ1) is 24.9. The minimum absolute atomic E-state index is 0.176. The average Bonchev–Trinajstić information content (AvgIpc) is 3.35. The molecule has 0 radical (unpaired) electrons. The van der Waals surface area contributed by atoms with Crippen LogP contribution >= 0.6 is 0 Å². The number of para-hydroxylation sites is 1. The lowest BCUT2D eigenvalue weighted by atomic mass is 10.1. The van der Waals surface area contributed by atoms with Crippen molar-refractivity contribution < 1.29 is 17.9 Å². The number of ether oxygens (including phenoxy) is 1. The molecule has 0 N–H and O–H groups in total. The maximum atomic E-state index is 13.7. The first-order valence-electron chi connectivity index (χ1n) is 11.7. The molecule has 1 aliphatic rings. The van der Waals surface area contributed by atoms with Gasteiger partial charge in [0.05, 0.1) is 18.4 Å². The van der Waals surface area contributed by atoms with Gasteiger partial charge in [-0.15, -0.1) is 0 Å². The second-order valence-electron chi connectivity index (χ2n) is 8.19. The van der Waals surface area contributed by atoms with Gasteiger partial charge in [-0.05, 0) is 24.3 Å². The van der Waals surface area contributed by atoms with Crippen molar-refractivity contribution in [2.45, 2.75) is 13.8 Å². The van der Waals surface area contributed by atoms with E-state index in [4.69, 9.17) is 9.84 Å². The summed E-state index contributed by atoms with van der Waals surface area (Å²) in [7, 11) is -1.93. The van der Waals surface area contributed by atoms with E-state index in [1.54, 1.807) is 22.9 Å². The Morgan fingerprint density at radius 2 is 1.69 bits per heavy atom. The van der Waals surface area contributed by atoms with Crippen molar-refractivity contribution in [2.75, 3.05) is 46.4 Å². The van der Waals surface area contributed by atoms with Gasteiger partial charge >= 0.3 is 0 Å². The van der Waals surface area contributed by atoms with E-state index in [1.807, 2.05) is 68.4 Å². The number of carbonyl (C=O) groups is 1. The van der Waals surface area contributed by atoms with Crippen molar-refractivity contribution in [3.63, 3.8) is 0 Å². The molecule has 0 atom stereocenters. The Bertz CT molecular complexity index is 1260. The maximum absolute atomic E-state index is 13.7. The summed E-state index contributed by atoms with van der Waals surface area (Å²) in [6.07, 6.45) is 1.74. The van der Waals surface area contributed by atoms with Crippen LogP contribution in [0.25, 0.3) is 16.9 Å². The predicted molar refractivity (Wildman–Crippen MR) is 135 cm³/mol. The highest BCUT2D eigenvalue weighted by Gasteiger charge is 2.33. The zero-order valence-corrected chi connectivity index (χ0v) is 21.1. The molecule has 2 aromatic carbocycles. The molecule has 0 aliphatic carbocycles. The molecule has 0 spiro atoms. The van der Waals surface area contributed by atoms with Crippen molar-refractivity contribution in [3.8, 4) is 22.7 Å². The monoisotopic (exact) mass is 497 g/mol. The van der Waals surface area contributed by atoms with Crippen LogP contribution in [0.15, 0.2) is 60.8 Å². The van der Waals surface area contributed by atoms with E-state index < -0.39 is 10.2 Å². The van der Waals surface area contributed by atoms with E-state index in [1.165, 1.54) is 8.61 Å². The molecule has 1 saturated heterocycles. The molecule has 0 unspecified atom stereocenters. The summed E-state index contributed by atoms with van der Waals surface area (Å²) < 4.78 is 35.7. The number of aromatic nitrogens is 2. The lowest BCUT2D eigenvalue weighted by Crippen LogP contribution is -2.54. The summed E-state index contributed by atoms with van der Waals surface area (Å²) in [5.74, 6) is 0.496. The number of hydrogen-bond donors (Lipinski definition) is 0. The van der Waals surface area contributed by atoms with Crippen molar-refractivity contribution >= 4 is 16.1 Å². The molecule has 0 bridgehead atoms. The van der Waals surface area contributed by atoms with Crippen molar-refractivity contribution in [2.24, 2.45) is 0 Å². The number of methoxy groups -OCH3 is 1. The number of benzene rings is 2. The summed E-state index contributed by atoms with van der Waals surface area (Å²) in [6, 6.07) is 17.1. The van der Waals surface area contributed by atoms with Crippen LogP contribution in [-0.4, -0.2) is 84.0 Å². The zero-order valence-electron chi connectivity index (χ0n) is 20.3. The smallest absolute Gasteiger partial charge is 0.282 e. The lowest BCUT2D eigenvalue weighted by molar-refractivity contribution is 0.0695. The second kappa shape index (κ2) is 10.6. The fourth-order valence-corrected chi connectivity index (χ4v) is 5.84. The van der Waals surface area contributed by atoms with Crippen LogP contribution < -0.4 is 4.74 Å². The third-order valence-electron chi connectivity index (χ3n) is 6.19. The highest BCUT2D eigenvalue weighted by molar-refractivity contribution is 7.86. The van der Waals surface area contributed by atoms with Crippen LogP contribution in [0, 0.1) is 0 Å².